The summed E-state index contributed by atoms with van der Waals surface area (Å²) in [6.07, 6.45) is 0. The van der Waals surface area contributed by atoms with E-state index < -0.39 is 0 Å². The molecule has 0 aliphatic carbocycles. The van der Waals surface area contributed by atoms with E-state index in [-0.39, 0.29) is 23.1 Å². The highest BCUT2D eigenvalue weighted by atomic mass is 16.2. The van der Waals surface area contributed by atoms with E-state index in [0.29, 0.717) is 13.1 Å². The first-order valence-corrected chi connectivity index (χ1v) is 5.80. The number of piperazine rings is 1. The van der Waals surface area contributed by atoms with Crippen molar-refractivity contribution in [3.05, 3.63) is 33.7 Å². The number of aryl methyl sites for hydroxylation is 1. The normalized spacial score (nSPS) is 20.4. The Morgan fingerprint density at radius 1 is 1.47 bits per heavy atom. The molecule has 1 atom stereocenters. The fraction of sp³-hybridized carbons (Fsp3) is 0.500. The van der Waals surface area contributed by atoms with Gasteiger partial charge in [-0.3, -0.25) is 9.59 Å². The van der Waals surface area contributed by atoms with Crippen molar-refractivity contribution in [1.82, 2.24) is 15.2 Å². The molecular formula is C12H17N3O2. The molecule has 2 heterocycles. The molecule has 5 heteroatoms. The van der Waals surface area contributed by atoms with Crippen molar-refractivity contribution in [3.63, 3.8) is 0 Å². The van der Waals surface area contributed by atoms with E-state index in [2.05, 4.69) is 10.3 Å². The van der Waals surface area contributed by atoms with Crippen molar-refractivity contribution in [3.8, 4) is 0 Å². The summed E-state index contributed by atoms with van der Waals surface area (Å²) in [5, 5.41) is 3.26. The van der Waals surface area contributed by atoms with Gasteiger partial charge in [-0.2, -0.15) is 0 Å². The Labute approximate surface area is 99.8 Å². The lowest BCUT2D eigenvalue weighted by molar-refractivity contribution is 0.0707. The summed E-state index contributed by atoms with van der Waals surface area (Å²) >= 11 is 0. The first-order valence-electron chi connectivity index (χ1n) is 5.80. The summed E-state index contributed by atoms with van der Waals surface area (Å²) in [6.45, 7) is 5.89. The minimum atomic E-state index is -0.304. The van der Waals surface area contributed by atoms with Crippen molar-refractivity contribution >= 4 is 5.91 Å². The van der Waals surface area contributed by atoms with Gasteiger partial charge < -0.3 is 15.2 Å². The van der Waals surface area contributed by atoms with E-state index in [9.17, 15) is 9.59 Å². The molecule has 1 saturated heterocycles. The Bertz CT molecular complexity index is 481. The van der Waals surface area contributed by atoms with Crippen LogP contribution in [-0.4, -0.2) is 41.5 Å². The largest absolute Gasteiger partial charge is 0.336 e. The maximum absolute atomic E-state index is 12.2. The summed E-state index contributed by atoms with van der Waals surface area (Å²) in [4.78, 5) is 28.2. The molecular weight excluding hydrogens is 218 g/mol. The zero-order valence-corrected chi connectivity index (χ0v) is 10.1. The molecule has 1 fully saturated rings. The third-order valence-electron chi connectivity index (χ3n) is 2.94. The minimum absolute atomic E-state index is 0.181. The molecule has 2 N–H and O–H groups in total. The Balaban J connectivity index is 2.22. The van der Waals surface area contributed by atoms with Crippen LogP contribution in [0.15, 0.2) is 16.9 Å². The number of nitrogens with zero attached hydrogens (tertiary/aromatic N) is 1. The number of amides is 1. The molecule has 0 saturated carbocycles. The van der Waals surface area contributed by atoms with Crippen LogP contribution in [0.1, 0.15) is 23.0 Å². The topological polar surface area (TPSA) is 65.2 Å². The van der Waals surface area contributed by atoms with Crippen LogP contribution in [0.5, 0.6) is 0 Å². The molecule has 5 nitrogen and oxygen atoms in total. The second-order valence-corrected chi connectivity index (χ2v) is 4.49. The molecule has 0 unspecified atom stereocenters. The van der Waals surface area contributed by atoms with E-state index in [4.69, 9.17) is 0 Å². The Morgan fingerprint density at radius 2 is 2.24 bits per heavy atom. The highest BCUT2D eigenvalue weighted by Gasteiger charge is 2.23. The quantitative estimate of drug-likeness (QED) is 0.726. The van der Waals surface area contributed by atoms with E-state index >= 15 is 0 Å². The van der Waals surface area contributed by atoms with Crippen LogP contribution in [0, 0.1) is 6.92 Å². The molecule has 0 radical (unpaired) electrons. The molecule has 0 spiro atoms. The number of hydrogen-bond donors (Lipinski definition) is 2. The summed E-state index contributed by atoms with van der Waals surface area (Å²) in [5.74, 6) is -0.181. The summed E-state index contributed by atoms with van der Waals surface area (Å²) < 4.78 is 0. The zero-order chi connectivity index (χ0) is 12.4. The first kappa shape index (κ1) is 11.9. The standard InChI is InChI=1S/C12H17N3O2/c1-8-3-4-10(11(16)14-8)12(17)15-6-5-13-9(2)7-15/h3-4,9,13H,5-7H2,1-2H3,(H,14,16)/t9-/m0/s1. The van der Waals surface area contributed by atoms with E-state index in [1.165, 1.54) is 0 Å². The maximum Gasteiger partial charge on any atom is 0.260 e. The van der Waals surface area contributed by atoms with E-state index in [1.807, 2.05) is 6.92 Å². The lowest BCUT2D eigenvalue weighted by atomic mass is 10.2. The van der Waals surface area contributed by atoms with Gasteiger partial charge in [0.2, 0.25) is 0 Å². The van der Waals surface area contributed by atoms with E-state index in [0.717, 1.165) is 12.2 Å². The summed E-state index contributed by atoms with van der Waals surface area (Å²) in [5.41, 5.74) is 0.686. The van der Waals surface area contributed by atoms with Gasteiger partial charge in [-0.05, 0) is 26.0 Å². The highest BCUT2D eigenvalue weighted by Crippen LogP contribution is 2.04. The average molecular weight is 235 g/mol. The smallest absolute Gasteiger partial charge is 0.260 e. The van der Waals surface area contributed by atoms with Gasteiger partial charge in [-0.15, -0.1) is 0 Å². The molecule has 1 aromatic rings. The number of hydrogen-bond acceptors (Lipinski definition) is 3. The number of aromatic nitrogens is 1. The van der Waals surface area contributed by atoms with Gasteiger partial charge in [0.1, 0.15) is 5.56 Å². The van der Waals surface area contributed by atoms with Crippen LogP contribution < -0.4 is 10.9 Å². The molecule has 1 amide bonds. The molecule has 0 aromatic carbocycles. The monoisotopic (exact) mass is 235 g/mol. The van der Waals surface area contributed by atoms with Crippen LogP contribution >= 0.6 is 0 Å². The fourth-order valence-electron chi connectivity index (χ4n) is 2.03. The summed E-state index contributed by atoms with van der Waals surface area (Å²) in [6, 6.07) is 3.63. The van der Waals surface area contributed by atoms with Gasteiger partial charge in [0, 0.05) is 31.4 Å². The molecule has 17 heavy (non-hydrogen) atoms. The second-order valence-electron chi connectivity index (χ2n) is 4.49. The summed E-state index contributed by atoms with van der Waals surface area (Å²) in [7, 11) is 0. The van der Waals surface area contributed by atoms with Crippen molar-refractivity contribution in [1.29, 1.82) is 0 Å². The molecule has 92 valence electrons. The van der Waals surface area contributed by atoms with Crippen molar-refractivity contribution in [2.24, 2.45) is 0 Å². The van der Waals surface area contributed by atoms with Gasteiger partial charge in [0.15, 0.2) is 0 Å². The zero-order valence-electron chi connectivity index (χ0n) is 10.1. The lowest BCUT2D eigenvalue weighted by Crippen LogP contribution is -2.52. The first-order chi connectivity index (χ1) is 8.08. The van der Waals surface area contributed by atoms with Crippen molar-refractivity contribution in [2.45, 2.75) is 19.9 Å². The Hall–Kier alpha value is -1.62. The lowest BCUT2D eigenvalue weighted by Gasteiger charge is -2.31. The number of carbonyl (C=O) groups is 1. The van der Waals surface area contributed by atoms with Crippen LogP contribution in [0.3, 0.4) is 0 Å². The van der Waals surface area contributed by atoms with E-state index in [1.54, 1.807) is 24.0 Å². The minimum Gasteiger partial charge on any atom is -0.336 e. The van der Waals surface area contributed by atoms with Gasteiger partial charge in [-0.1, -0.05) is 0 Å². The number of H-pyrrole nitrogens is 1. The van der Waals surface area contributed by atoms with Gasteiger partial charge in [0.25, 0.3) is 11.5 Å². The molecule has 1 aliphatic rings. The van der Waals surface area contributed by atoms with Crippen molar-refractivity contribution in [2.75, 3.05) is 19.6 Å². The number of rotatable bonds is 1. The SMILES string of the molecule is Cc1ccc(C(=O)N2CCN[C@@H](C)C2)c(=O)[nH]1. The number of nitrogens with one attached hydrogen (secondary N) is 2. The van der Waals surface area contributed by atoms with Crippen molar-refractivity contribution < 1.29 is 4.79 Å². The number of carbonyl (C=O) groups excluding carboxylic acids is 1. The maximum atomic E-state index is 12.2. The molecule has 1 aromatic heterocycles. The average Bonchev–Trinajstić information content (AvgIpc) is 2.28. The Morgan fingerprint density at radius 3 is 2.88 bits per heavy atom. The fourth-order valence-corrected chi connectivity index (χ4v) is 2.03. The molecule has 2 rings (SSSR count). The van der Waals surface area contributed by atoms with Gasteiger partial charge >= 0.3 is 0 Å². The third-order valence-corrected chi connectivity index (χ3v) is 2.94. The molecule has 1 aliphatic heterocycles. The van der Waals surface area contributed by atoms with Crippen LogP contribution in [-0.2, 0) is 0 Å². The second kappa shape index (κ2) is 4.71. The number of aromatic amines is 1. The molecule has 0 bridgehead atoms. The Kier molecular flexibility index (Phi) is 3.28. The van der Waals surface area contributed by atoms with Crippen LogP contribution in [0.4, 0.5) is 0 Å². The highest BCUT2D eigenvalue weighted by molar-refractivity contribution is 5.93. The third kappa shape index (κ3) is 2.55. The van der Waals surface area contributed by atoms with Gasteiger partial charge in [0.05, 0.1) is 0 Å². The van der Waals surface area contributed by atoms with Crippen LogP contribution in [0.2, 0.25) is 0 Å². The van der Waals surface area contributed by atoms with Gasteiger partial charge in [-0.25, -0.2) is 0 Å². The predicted molar refractivity (Wildman–Crippen MR) is 65.2 cm³/mol. The van der Waals surface area contributed by atoms with Crippen LogP contribution in [0.25, 0.3) is 0 Å². The number of pyridine rings is 1. The predicted octanol–water partition coefficient (Wildman–Crippen LogP) is 0.117.